The van der Waals surface area contributed by atoms with E-state index in [4.69, 9.17) is 10.5 Å². The summed E-state index contributed by atoms with van der Waals surface area (Å²) >= 11 is 0. The Bertz CT molecular complexity index is 595. The molecule has 2 N–H and O–H groups in total. The lowest BCUT2D eigenvalue weighted by atomic mass is 9.96. The maximum absolute atomic E-state index is 13.5. The van der Waals surface area contributed by atoms with Gasteiger partial charge >= 0.3 is 0 Å². The molecular weight excluding hydrogens is 229 g/mol. The predicted molar refractivity (Wildman–Crippen MR) is 70.1 cm³/mol. The molecule has 3 heteroatoms. The molecule has 1 aliphatic rings. The Morgan fingerprint density at radius 2 is 1.83 bits per heavy atom. The van der Waals surface area contributed by atoms with Gasteiger partial charge in [0.05, 0.1) is 12.3 Å². The molecule has 1 aliphatic heterocycles. The molecule has 0 aromatic heterocycles. The lowest BCUT2D eigenvalue weighted by Gasteiger charge is -2.21. The number of hydrogen-bond donors (Lipinski definition) is 1. The Hall–Kier alpha value is -2.03. The first-order valence-electron chi connectivity index (χ1n) is 6.06. The van der Waals surface area contributed by atoms with E-state index in [2.05, 4.69) is 0 Å². The normalized spacial score (nSPS) is 13.8. The Morgan fingerprint density at radius 1 is 1.06 bits per heavy atom. The molecule has 0 saturated heterocycles. The van der Waals surface area contributed by atoms with Crippen LogP contribution in [0.3, 0.4) is 0 Å². The number of aryl methyl sites for hydroxylation is 1. The highest BCUT2D eigenvalue weighted by molar-refractivity contribution is 5.81. The van der Waals surface area contributed by atoms with E-state index in [1.165, 1.54) is 11.6 Å². The zero-order chi connectivity index (χ0) is 12.5. The van der Waals surface area contributed by atoms with Gasteiger partial charge in [-0.2, -0.15) is 0 Å². The molecule has 92 valence electrons. The summed E-state index contributed by atoms with van der Waals surface area (Å²) in [5, 5.41) is 0. The van der Waals surface area contributed by atoms with Crippen LogP contribution in [0.4, 0.5) is 10.1 Å². The van der Waals surface area contributed by atoms with Crippen LogP contribution in [0.2, 0.25) is 0 Å². The second-order valence-corrected chi connectivity index (χ2v) is 4.45. The number of hydrogen-bond acceptors (Lipinski definition) is 2. The molecule has 2 nitrogen and oxygen atoms in total. The van der Waals surface area contributed by atoms with Gasteiger partial charge in [0.25, 0.3) is 0 Å². The molecule has 0 atom stereocenters. The average molecular weight is 243 g/mol. The van der Waals surface area contributed by atoms with Crippen LogP contribution < -0.4 is 10.5 Å². The van der Waals surface area contributed by atoms with Crippen molar-refractivity contribution in [3.05, 3.63) is 47.8 Å². The third-order valence-corrected chi connectivity index (χ3v) is 3.28. The van der Waals surface area contributed by atoms with Gasteiger partial charge in [-0.15, -0.1) is 0 Å². The van der Waals surface area contributed by atoms with E-state index < -0.39 is 0 Å². The number of benzene rings is 2. The lowest BCUT2D eigenvalue weighted by molar-refractivity contribution is 0.289. The summed E-state index contributed by atoms with van der Waals surface area (Å²) < 4.78 is 19.3. The summed E-state index contributed by atoms with van der Waals surface area (Å²) in [4.78, 5) is 0. The number of halogens is 1. The molecule has 18 heavy (non-hydrogen) atoms. The number of fused-ring (bicyclic) bond motifs is 1. The number of ether oxygens (including phenoxy) is 1. The zero-order valence-electron chi connectivity index (χ0n) is 9.95. The molecule has 0 spiro atoms. The van der Waals surface area contributed by atoms with Gasteiger partial charge < -0.3 is 10.5 Å². The first-order chi connectivity index (χ1) is 8.77. The van der Waals surface area contributed by atoms with Gasteiger partial charge in [-0.1, -0.05) is 30.3 Å². The van der Waals surface area contributed by atoms with E-state index in [-0.39, 0.29) is 11.5 Å². The quantitative estimate of drug-likeness (QED) is 0.779. The smallest absolute Gasteiger partial charge is 0.146 e. The van der Waals surface area contributed by atoms with E-state index in [0.29, 0.717) is 12.2 Å². The summed E-state index contributed by atoms with van der Waals surface area (Å²) in [6, 6.07) is 10.8. The van der Waals surface area contributed by atoms with Gasteiger partial charge in [-0.25, -0.2) is 4.39 Å². The van der Waals surface area contributed by atoms with Crippen molar-refractivity contribution in [2.45, 2.75) is 12.8 Å². The Morgan fingerprint density at radius 3 is 2.72 bits per heavy atom. The molecule has 0 radical (unpaired) electrons. The van der Waals surface area contributed by atoms with Crippen LogP contribution in [0.5, 0.6) is 5.75 Å². The standard InChI is InChI=1S/C15H14FNO/c16-13-8-2-6-11(14(13)17)12-7-1-4-10-5-3-9-18-15(10)12/h1-2,4,6-8H,3,5,9,17H2. The maximum Gasteiger partial charge on any atom is 0.146 e. The van der Waals surface area contributed by atoms with E-state index in [0.717, 1.165) is 24.2 Å². The number of anilines is 1. The molecule has 0 bridgehead atoms. The van der Waals surface area contributed by atoms with Crippen molar-refractivity contribution in [3.8, 4) is 16.9 Å². The number of rotatable bonds is 1. The minimum Gasteiger partial charge on any atom is -0.493 e. The van der Waals surface area contributed by atoms with Crippen molar-refractivity contribution < 1.29 is 9.13 Å². The van der Waals surface area contributed by atoms with Gasteiger partial charge in [0, 0.05) is 11.1 Å². The highest BCUT2D eigenvalue weighted by atomic mass is 19.1. The van der Waals surface area contributed by atoms with Gasteiger partial charge in [-0.05, 0) is 24.5 Å². The summed E-state index contributed by atoms with van der Waals surface area (Å²) in [7, 11) is 0. The summed E-state index contributed by atoms with van der Waals surface area (Å²) in [5.74, 6) is 0.460. The first-order valence-corrected chi connectivity index (χ1v) is 6.06. The van der Waals surface area contributed by atoms with Crippen molar-refractivity contribution in [1.82, 2.24) is 0 Å². The Kier molecular flexibility index (Phi) is 2.67. The fourth-order valence-corrected chi connectivity index (χ4v) is 2.37. The second-order valence-electron chi connectivity index (χ2n) is 4.45. The molecule has 0 saturated carbocycles. The zero-order valence-corrected chi connectivity index (χ0v) is 9.95. The first kappa shape index (κ1) is 11.1. The van der Waals surface area contributed by atoms with Crippen LogP contribution in [-0.2, 0) is 6.42 Å². The topological polar surface area (TPSA) is 35.2 Å². The molecule has 0 amide bonds. The van der Waals surface area contributed by atoms with Crippen LogP contribution >= 0.6 is 0 Å². The summed E-state index contributed by atoms with van der Waals surface area (Å²) in [6.45, 7) is 0.708. The van der Waals surface area contributed by atoms with Crippen LogP contribution in [0.1, 0.15) is 12.0 Å². The van der Waals surface area contributed by atoms with E-state index in [1.807, 2.05) is 24.3 Å². The maximum atomic E-state index is 13.5. The Balaban J connectivity index is 2.20. The largest absolute Gasteiger partial charge is 0.493 e. The minimum atomic E-state index is -0.388. The molecule has 0 unspecified atom stereocenters. The highest BCUT2D eigenvalue weighted by Crippen LogP contribution is 2.39. The molecule has 0 fully saturated rings. The number of nitrogens with two attached hydrogens (primary N) is 1. The summed E-state index contributed by atoms with van der Waals surface area (Å²) in [6.07, 6.45) is 2.02. The van der Waals surface area contributed by atoms with Crippen LogP contribution in [0.15, 0.2) is 36.4 Å². The number of para-hydroxylation sites is 2. The second kappa shape index (κ2) is 4.33. The van der Waals surface area contributed by atoms with Gasteiger partial charge in [0.1, 0.15) is 11.6 Å². The number of nitrogen functional groups attached to an aromatic ring is 1. The molecular formula is C15H14FNO. The molecule has 1 heterocycles. The molecule has 0 aliphatic carbocycles. The minimum absolute atomic E-state index is 0.181. The van der Waals surface area contributed by atoms with Crippen LogP contribution in [-0.4, -0.2) is 6.61 Å². The third kappa shape index (κ3) is 1.72. The van der Waals surface area contributed by atoms with Gasteiger partial charge in [0.2, 0.25) is 0 Å². The molecule has 3 rings (SSSR count). The predicted octanol–water partition coefficient (Wildman–Crippen LogP) is 3.40. The monoisotopic (exact) mass is 243 g/mol. The molecule has 2 aromatic carbocycles. The van der Waals surface area contributed by atoms with Crippen molar-refractivity contribution in [2.75, 3.05) is 12.3 Å². The van der Waals surface area contributed by atoms with Crippen molar-refractivity contribution in [2.24, 2.45) is 0 Å². The van der Waals surface area contributed by atoms with Gasteiger partial charge in [-0.3, -0.25) is 0 Å². The van der Waals surface area contributed by atoms with E-state index in [9.17, 15) is 4.39 Å². The Labute approximate surface area is 105 Å². The van der Waals surface area contributed by atoms with Crippen molar-refractivity contribution in [1.29, 1.82) is 0 Å². The fraction of sp³-hybridized carbons (Fsp3) is 0.200. The highest BCUT2D eigenvalue weighted by Gasteiger charge is 2.17. The van der Waals surface area contributed by atoms with Gasteiger partial charge in [0.15, 0.2) is 0 Å². The van der Waals surface area contributed by atoms with Crippen molar-refractivity contribution in [3.63, 3.8) is 0 Å². The molecule has 2 aromatic rings. The SMILES string of the molecule is Nc1c(F)cccc1-c1cccc2c1OCCC2. The fourth-order valence-electron chi connectivity index (χ4n) is 2.37. The van der Waals surface area contributed by atoms with Crippen molar-refractivity contribution >= 4 is 5.69 Å². The third-order valence-electron chi connectivity index (χ3n) is 3.28. The summed E-state index contributed by atoms with van der Waals surface area (Å²) in [5.41, 5.74) is 8.75. The van der Waals surface area contributed by atoms with E-state index in [1.54, 1.807) is 6.07 Å². The lowest BCUT2D eigenvalue weighted by Crippen LogP contribution is -2.09. The van der Waals surface area contributed by atoms with Crippen LogP contribution in [0.25, 0.3) is 11.1 Å². The van der Waals surface area contributed by atoms with E-state index >= 15 is 0 Å². The van der Waals surface area contributed by atoms with Crippen LogP contribution in [0, 0.1) is 5.82 Å². The average Bonchev–Trinajstić information content (AvgIpc) is 2.41.